The molecule has 1 fully saturated rings. The lowest BCUT2D eigenvalue weighted by Crippen LogP contribution is -2.54. The molecule has 0 aliphatic carbocycles. The Labute approximate surface area is 200 Å². The quantitative estimate of drug-likeness (QED) is 0.636. The number of carbonyl (C=O) groups is 2. The summed E-state index contributed by atoms with van der Waals surface area (Å²) in [6.45, 7) is 7.59. The molecule has 3 heterocycles. The predicted molar refractivity (Wildman–Crippen MR) is 120 cm³/mol. The van der Waals surface area contributed by atoms with E-state index in [4.69, 9.17) is 4.74 Å². The fourth-order valence-electron chi connectivity index (χ4n) is 3.68. The first-order valence-corrected chi connectivity index (χ1v) is 11.2. The lowest BCUT2D eigenvalue weighted by molar-refractivity contribution is -0.138. The highest BCUT2D eigenvalue weighted by atomic mass is 19.4. The molecular weight excluding hydrogens is 467 g/mol. The van der Waals surface area contributed by atoms with Crippen molar-refractivity contribution in [2.75, 3.05) is 13.1 Å². The van der Waals surface area contributed by atoms with Gasteiger partial charge in [-0.3, -0.25) is 14.4 Å². The third kappa shape index (κ3) is 6.37. The van der Waals surface area contributed by atoms with E-state index in [0.29, 0.717) is 37.3 Å². The Balaban J connectivity index is 1.60. The summed E-state index contributed by atoms with van der Waals surface area (Å²) in [7, 11) is 0. The smallest absolute Gasteiger partial charge is 0.417 e. The third-order valence-corrected chi connectivity index (χ3v) is 5.88. The third-order valence-electron chi connectivity index (χ3n) is 5.88. The maximum atomic E-state index is 13.2. The summed E-state index contributed by atoms with van der Waals surface area (Å²) >= 11 is 0. The number of hydrogen-bond acceptors (Lipinski definition) is 6. The molecule has 2 N–H and O–H groups in total. The van der Waals surface area contributed by atoms with Gasteiger partial charge in [-0.2, -0.15) is 13.2 Å². The lowest BCUT2D eigenvalue weighted by atomic mass is 10.00. The molecule has 0 aromatic carbocycles. The normalized spacial score (nSPS) is 15.7. The Morgan fingerprint density at radius 3 is 2.40 bits per heavy atom. The fourth-order valence-corrected chi connectivity index (χ4v) is 3.68. The number of pyridine rings is 1. The summed E-state index contributed by atoms with van der Waals surface area (Å²) in [6.07, 6.45) is -3.16. The molecule has 0 saturated carbocycles. The van der Waals surface area contributed by atoms with Crippen LogP contribution in [0.3, 0.4) is 0 Å². The molecule has 35 heavy (non-hydrogen) atoms. The second-order valence-corrected chi connectivity index (χ2v) is 8.85. The van der Waals surface area contributed by atoms with Crippen molar-refractivity contribution in [3.63, 3.8) is 0 Å². The number of halogens is 3. The van der Waals surface area contributed by atoms with Crippen LogP contribution in [-0.2, 0) is 11.0 Å². The van der Waals surface area contributed by atoms with E-state index in [9.17, 15) is 27.6 Å². The Morgan fingerprint density at radius 2 is 1.86 bits per heavy atom. The van der Waals surface area contributed by atoms with Crippen LogP contribution in [0.25, 0.3) is 0 Å². The van der Waals surface area contributed by atoms with Gasteiger partial charge in [0.25, 0.3) is 11.5 Å². The largest absolute Gasteiger partial charge is 0.474 e. The van der Waals surface area contributed by atoms with Crippen LogP contribution in [0.15, 0.2) is 23.1 Å². The summed E-state index contributed by atoms with van der Waals surface area (Å²) in [6, 6.07) is 1.22. The number of aromatic nitrogens is 3. The SMILES string of the molecule is Cc1nc(C(=O)N[C@H](C(=O)N2CCC(Oc3ccc(C(F)(F)F)cn3)CC2)C(C)C)c(=O)[nH]c1C. The number of amides is 2. The van der Waals surface area contributed by atoms with Crippen molar-refractivity contribution in [1.29, 1.82) is 0 Å². The van der Waals surface area contributed by atoms with Crippen molar-refractivity contribution in [2.24, 2.45) is 5.92 Å². The zero-order valence-corrected chi connectivity index (χ0v) is 19.9. The molecule has 0 spiro atoms. The molecule has 2 aromatic heterocycles. The molecule has 2 aromatic rings. The highest BCUT2D eigenvalue weighted by Gasteiger charge is 2.33. The number of rotatable bonds is 6. The van der Waals surface area contributed by atoms with E-state index in [1.807, 2.05) is 0 Å². The summed E-state index contributed by atoms with van der Waals surface area (Å²) in [4.78, 5) is 50.0. The Kier molecular flexibility index (Phi) is 7.81. The van der Waals surface area contributed by atoms with Crippen LogP contribution >= 0.6 is 0 Å². The van der Waals surface area contributed by atoms with E-state index >= 15 is 0 Å². The van der Waals surface area contributed by atoms with Crippen LogP contribution in [0.2, 0.25) is 0 Å². The lowest BCUT2D eigenvalue weighted by Gasteiger charge is -2.35. The number of H-pyrrole nitrogens is 1. The molecule has 1 saturated heterocycles. The zero-order chi connectivity index (χ0) is 25.9. The van der Waals surface area contributed by atoms with Crippen molar-refractivity contribution in [3.05, 3.63) is 51.3 Å². The first-order chi connectivity index (χ1) is 16.4. The van der Waals surface area contributed by atoms with E-state index in [-0.39, 0.29) is 29.5 Å². The van der Waals surface area contributed by atoms with E-state index in [1.165, 1.54) is 6.07 Å². The summed E-state index contributed by atoms with van der Waals surface area (Å²) in [5.41, 5.74) is -0.727. The predicted octanol–water partition coefficient (Wildman–Crippen LogP) is 2.62. The summed E-state index contributed by atoms with van der Waals surface area (Å²) < 4.78 is 43.7. The Bertz CT molecular complexity index is 1120. The molecule has 3 rings (SSSR count). The number of ether oxygens (including phenoxy) is 1. The second kappa shape index (κ2) is 10.4. The molecular formula is C23H28F3N5O4. The monoisotopic (exact) mass is 495 g/mol. The number of piperidine rings is 1. The highest BCUT2D eigenvalue weighted by Crippen LogP contribution is 2.29. The maximum Gasteiger partial charge on any atom is 0.417 e. The number of alkyl halides is 3. The van der Waals surface area contributed by atoms with Crippen LogP contribution in [0, 0.1) is 19.8 Å². The van der Waals surface area contributed by atoms with Crippen molar-refractivity contribution in [3.8, 4) is 5.88 Å². The van der Waals surface area contributed by atoms with Crippen LogP contribution in [0.5, 0.6) is 5.88 Å². The molecule has 0 unspecified atom stereocenters. The van der Waals surface area contributed by atoms with E-state index in [0.717, 1.165) is 12.3 Å². The molecule has 12 heteroatoms. The number of likely N-dealkylation sites (tertiary alicyclic amines) is 1. The van der Waals surface area contributed by atoms with Gasteiger partial charge in [-0.05, 0) is 25.8 Å². The van der Waals surface area contributed by atoms with Gasteiger partial charge in [0.05, 0.1) is 11.3 Å². The fraction of sp³-hybridized carbons (Fsp3) is 0.522. The number of aromatic amines is 1. The molecule has 0 radical (unpaired) electrons. The van der Waals surface area contributed by atoms with Gasteiger partial charge in [0.2, 0.25) is 11.8 Å². The first kappa shape index (κ1) is 26.2. The standard InChI is InChI=1S/C23H28F3N5O4/c1-12(2)18(30-21(33)19-20(32)29-14(4)13(3)28-19)22(34)31-9-7-16(8-10-31)35-17-6-5-15(11-27-17)23(24,25)26/h5-6,11-12,16,18H,7-10H2,1-4H3,(H,29,32)(H,30,33)/t18-/m0/s1. The van der Waals surface area contributed by atoms with Gasteiger partial charge in [-0.15, -0.1) is 0 Å². The van der Waals surface area contributed by atoms with Crippen LogP contribution in [0.1, 0.15) is 54.1 Å². The molecule has 1 aliphatic heterocycles. The van der Waals surface area contributed by atoms with E-state index < -0.39 is 29.2 Å². The second-order valence-electron chi connectivity index (χ2n) is 8.85. The van der Waals surface area contributed by atoms with Gasteiger partial charge >= 0.3 is 6.18 Å². The van der Waals surface area contributed by atoms with Crippen molar-refractivity contribution < 1.29 is 27.5 Å². The number of aryl methyl sites for hydroxylation is 2. The average molecular weight is 496 g/mol. The van der Waals surface area contributed by atoms with Crippen molar-refractivity contribution in [1.82, 2.24) is 25.2 Å². The zero-order valence-electron chi connectivity index (χ0n) is 19.9. The highest BCUT2D eigenvalue weighted by molar-refractivity contribution is 5.96. The van der Waals surface area contributed by atoms with Crippen LogP contribution < -0.4 is 15.6 Å². The van der Waals surface area contributed by atoms with Crippen LogP contribution in [0.4, 0.5) is 13.2 Å². The van der Waals surface area contributed by atoms with Gasteiger partial charge in [-0.25, -0.2) is 9.97 Å². The minimum atomic E-state index is -4.47. The average Bonchev–Trinajstić information content (AvgIpc) is 2.79. The molecule has 0 bridgehead atoms. The Hall–Kier alpha value is -3.44. The van der Waals surface area contributed by atoms with E-state index in [1.54, 1.807) is 32.6 Å². The van der Waals surface area contributed by atoms with Crippen LogP contribution in [-0.4, -0.2) is 56.9 Å². The van der Waals surface area contributed by atoms with Gasteiger partial charge < -0.3 is 19.9 Å². The molecule has 9 nitrogen and oxygen atoms in total. The first-order valence-electron chi connectivity index (χ1n) is 11.2. The van der Waals surface area contributed by atoms with Crippen molar-refractivity contribution in [2.45, 2.75) is 58.9 Å². The van der Waals surface area contributed by atoms with Gasteiger partial charge in [0.15, 0.2) is 5.69 Å². The summed E-state index contributed by atoms with van der Waals surface area (Å²) in [5, 5.41) is 2.64. The number of nitrogens with zero attached hydrogens (tertiary/aromatic N) is 3. The molecule has 1 atom stereocenters. The molecule has 2 amide bonds. The van der Waals surface area contributed by atoms with Gasteiger partial charge in [-0.1, -0.05) is 13.8 Å². The molecule has 190 valence electrons. The molecule has 1 aliphatic rings. The minimum absolute atomic E-state index is 0.0845. The summed E-state index contributed by atoms with van der Waals surface area (Å²) in [5.74, 6) is -1.18. The Morgan fingerprint density at radius 1 is 1.20 bits per heavy atom. The number of hydrogen-bond donors (Lipinski definition) is 2. The maximum absolute atomic E-state index is 13.2. The number of carbonyl (C=O) groups excluding carboxylic acids is 2. The van der Waals surface area contributed by atoms with Gasteiger partial charge in [0.1, 0.15) is 12.1 Å². The van der Waals surface area contributed by atoms with Crippen molar-refractivity contribution >= 4 is 11.8 Å². The topological polar surface area (TPSA) is 117 Å². The number of nitrogens with one attached hydrogen (secondary N) is 2. The minimum Gasteiger partial charge on any atom is -0.474 e. The van der Waals surface area contributed by atoms with Gasteiger partial charge in [0, 0.05) is 43.9 Å². The van der Waals surface area contributed by atoms with E-state index in [2.05, 4.69) is 20.3 Å².